The molecule has 2 aliphatic rings. The lowest BCUT2D eigenvalue weighted by Gasteiger charge is -2.41. The standard InChI is InChI=1S/C17H25FN2O/c1-11(19)16-4-3-12(9-17(16)21-2)13-7-15(8-13)20-6-5-14(18)10-20/h3-4,9,11,13-15H,5-8,10,19H2,1-2H3/t11-,13?,14-,15?/m0/s1. The van der Waals surface area contributed by atoms with Gasteiger partial charge in [0.1, 0.15) is 11.9 Å². The molecule has 0 spiro atoms. The van der Waals surface area contributed by atoms with Gasteiger partial charge in [-0.3, -0.25) is 4.90 Å². The van der Waals surface area contributed by atoms with Gasteiger partial charge < -0.3 is 10.5 Å². The number of methoxy groups -OCH3 is 1. The Bertz CT molecular complexity index is 500. The number of likely N-dealkylation sites (tertiary alicyclic amines) is 1. The molecule has 1 aromatic rings. The highest BCUT2D eigenvalue weighted by atomic mass is 19.1. The first-order valence-corrected chi connectivity index (χ1v) is 7.90. The summed E-state index contributed by atoms with van der Waals surface area (Å²) in [6.07, 6.45) is 2.35. The zero-order chi connectivity index (χ0) is 15.0. The van der Waals surface area contributed by atoms with Crippen molar-refractivity contribution >= 4 is 0 Å². The molecule has 2 N–H and O–H groups in total. The number of benzene rings is 1. The molecule has 21 heavy (non-hydrogen) atoms. The number of hydrogen-bond acceptors (Lipinski definition) is 3. The Labute approximate surface area is 126 Å². The summed E-state index contributed by atoms with van der Waals surface area (Å²) in [5.41, 5.74) is 8.33. The molecule has 0 unspecified atom stereocenters. The number of nitrogens with two attached hydrogens (primary N) is 1. The largest absolute Gasteiger partial charge is 0.496 e. The van der Waals surface area contributed by atoms with Gasteiger partial charge in [-0.2, -0.15) is 0 Å². The highest BCUT2D eigenvalue weighted by molar-refractivity contribution is 5.41. The molecule has 1 aliphatic carbocycles. The second-order valence-corrected chi connectivity index (χ2v) is 6.49. The van der Waals surface area contributed by atoms with Gasteiger partial charge in [0.2, 0.25) is 0 Å². The monoisotopic (exact) mass is 292 g/mol. The Morgan fingerprint density at radius 3 is 2.71 bits per heavy atom. The van der Waals surface area contributed by atoms with E-state index in [9.17, 15) is 4.39 Å². The second kappa shape index (κ2) is 5.93. The predicted octanol–water partition coefficient (Wildman–Crippen LogP) is 3.00. The molecule has 3 nitrogen and oxygen atoms in total. The fraction of sp³-hybridized carbons (Fsp3) is 0.647. The van der Waals surface area contributed by atoms with Crippen LogP contribution in [0.2, 0.25) is 0 Å². The lowest BCUT2D eigenvalue weighted by atomic mass is 9.75. The van der Waals surface area contributed by atoms with E-state index >= 15 is 0 Å². The fourth-order valence-electron chi connectivity index (χ4n) is 3.59. The normalized spacial score (nSPS) is 31.0. The van der Waals surface area contributed by atoms with Gasteiger partial charge in [-0.15, -0.1) is 0 Å². The molecule has 1 aliphatic heterocycles. The van der Waals surface area contributed by atoms with Crippen molar-refractivity contribution < 1.29 is 9.13 Å². The first kappa shape index (κ1) is 14.8. The van der Waals surface area contributed by atoms with Crippen LogP contribution in [0.25, 0.3) is 0 Å². The highest BCUT2D eigenvalue weighted by Crippen LogP contribution is 2.42. The molecule has 2 atom stereocenters. The molecule has 1 saturated carbocycles. The summed E-state index contributed by atoms with van der Waals surface area (Å²) in [7, 11) is 1.69. The van der Waals surface area contributed by atoms with Crippen molar-refractivity contribution in [2.75, 3.05) is 20.2 Å². The number of alkyl halides is 1. The van der Waals surface area contributed by atoms with Crippen LogP contribution in [0.3, 0.4) is 0 Å². The number of ether oxygens (including phenoxy) is 1. The number of nitrogens with zero attached hydrogens (tertiary/aromatic N) is 1. The predicted molar refractivity (Wildman–Crippen MR) is 82.4 cm³/mol. The van der Waals surface area contributed by atoms with Gasteiger partial charge in [0.25, 0.3) is 0 Å². The topological polar surface area (TPSA) is 38.5 Å². The van der Waals surface area contributed by atoms with Crippen molar-refractivity contribution in [3.63, 3.8) is 0 Å². The lowest BCUT2D eigenvalue weighted by Crippen LogP contribution is -2.42. The zero-order valence-corrected chi connectivity index (χ0v) is 12.9. The van der Waals surface area contributed by atoms with Crippen LogP contribution in [0.15, 0.2) is 18.2 Å². The van der Waals surface area contributed by atoms with Crippen molar-refractivity contribution in [1.29, 1.82) is 0 Å². The van der Waals surface area contributed by atoms with E-state index in [0.29, 0.717) is 24.9 Å². The average molecular weight is 292 g/mol. The number of halogens is 1. The average Bonchev–Trinajstić information content (AvgIpc) is 2.83. The van der Waals surface area contributed by atoms with Gasteiger partial charge in [-0.05, 0) is 43.7 Å². The van der Waals surface area contributed by atoms with Crippen LogP contribution in [0.1, 0.15) is 49.3 Å². The number of hydrogen-bond donors (Lipinski definition) is 1. The third kappa shape index (κ3) is 2.92. The van der Waals surface area contributed by atoms with Crippen molar-refractivity contribution in [2.45, 2.75) is 50.4 Å². The first-order chi connectivity index (χ1) is 10.1. The highest BCUT2D eigenvalue weighted by Gasteiger charge is 2.37. The summed E-state index contributed by atoms with van der Waals surface area (Å²) in [5, 5.41) is 0. The first-order valence-electron chi connectivity index (χ1n) is 7.90. The zero-order valence-electron chi connectivity index (χ0n) is 12.9. The van der Waals surface area contributed by atoms with Crippen molar-refractivity contribution in [3.8, 4) is 5.75 Å². The van der Waals surface area contributed by atoms with Gasteiger partial charge in [-0.25, -0.2) is 4.39 Å². The van der Waals surface area contributed by atoms with Gasteiger partial charge >= 0.3 is 0 Å². The van der Waals surface area contributed by atoms with Crippen LogP contribution in [-0.2, 0) is 0 Å². The van der Waals surface area contributed by atoms with Crippen molar-refractivity contribution in [2.24, 2.45) is 5.73 Å². The molecule has 0 amide bonds. The van der Waals surface area contributed by atoms with E-state index in [-0.39, 0.29) is 6.04 Å². The van der Waals surface area contributed by atoms with E-state index < -0.39 is 6.17 Å². The van der Waals surface area contributed by atoms with Gasteiger partial charge in [0.05, 0.1) is 7.11 Å². The molecular weight excluding hydrogens is 267 g/mol. The molecule has 3 rings (SSSR count). The van der Waals surface area contributed by atoms with E-state index in [1.807, 2.05) is 6.92 Å². The van der Waals surface area contributed by atoms with E-state index in [1.54, 1.807) is 7.11 Å². The van der Waals surface area contributed by atoms with Gasteiger partial charge in [-0.1, -0.05) is 12.1 Å². The van der Waals surface area contributed by atoms with Crippen molar-refractivity contribution in [1.82, 2.24) is 4.90 Å². The van der Waals surface area contributed by atoms with Crippen LogP contribution in [0.5, 0.6) is 5.75 Å². The summed E-state index contributed by atoms with van der Waals surface area (Å²) in [6.45, 7) is 3.52. The van der Waals surface area contributed by atoms with E-state index in [4.69, 9.17) is 10.5 Å². The Hall–Kier alpha value is -1.13. The summed E-state index contributed by atoms with van der Waals surface area (Å²) in [5.74, 6) is 1.46. The molecule has 0 bridgehead atoms. The lowest BCUT2D eigenvalue weighted by molar-refractivity contribution is 0.127. The maximum Gasteiger partial charge on any atom is 0.123 e. The maximum absolute atomic E-state index is 13.3. The van der Waals surface area contributed by atoms with Gasteiger partial charge in [0, 0.05) is 30.7 Å². The third-order valence-electron chi connectivity index (χ3n) is 5.01. The van der Waals surface area contributed by atoms with Crippen LogP contribution in [0, 0.1) is 0 Å². The summed E-state index contributed by atoms with van der Waals surface area (Å²) in [6, 6.07) is 6.93. The van der Waals surface area contributed by atoms with Gasteiger partial charge in [0.15, 0.2) is 0 Å². The molecule has 0 radical (unpaired) electrons. The Balaban J connectivity index is 1.64. The van der Waals surface area contributed by atoms with E-state index in [0.717, 1.165) is 30.7 Å². The van der Waals surface area contributed by atoms with Crippen LogP contribution >= 0.6 is 0 Å². The minimum absolute atomic E-state index is 0.0192. The van der Waals surface area contributed by atoms with Crippen LogP contribution in [-0.4, -0.2) is 37.3 Å². The number of rotatable bonds is 4. The van der Waals surface area contributed by atoms with Crippen molar-refractivity contribution in [3.05, 3.63) is 29.3 Å². The molecule has 1 saturated heterocycles. The molecule has 4 heteroatoms. The molecule has 1 heterocycles. The van der Waals surface area contributed by atoms with Crippen LogP contribution < -0.4 is 10.5 Å². The van der Waals surface area contributed by atoms with E-state index in [1.165, 1.54) is 5.56 Å². The molecule has 1 aromatic carbocycles. The Morgan fingerprint density at radius 1 is 1.38 bits per heavy atom. The van der Waals surface area contributed by atoms with E-state index in [2.05, 4.69) is 23.1 Å². The molecule has 0 aromatic heterocycles. The minimum Gasteiger partial charge on any atom is -0.496 e. The summed E-state index contributed by atoms with van der Waals surface area (Å²) < 4.78 is 18.7. The Morgan fingerprint density at radius 2 is 2.14 bits per heavy atom. The second-order valence-electron chi connectivity index (χ2n) is 6.49. The summed E-state index contributed by atoms with van der Waals surface area (Å²) in [4.78, 5) is 2.31. The smallest absolute Gasteiger partial charge is 0.123 e. The Kier molecular flexibility index (Phi) is 4.18. The SMILES string of the molecule is COc1cc(C2CC(N3CC[C@H](F)C3)C2)ccc1[C@H](C)N. The van der Waals surface area contributed by atoms with Crippen LogP contribution in [0.4, 0.5) is 4.39 Å². The maximum atomic E-state index is 13.3. The molecular formula is C17H25FN2O. The minimum atomic E-state index is -0.616. The fourth-order valence-corrected chi connectivity index (χ4v) is 3.59. The molecule has 116 valence electrons. The summed E-state index contributed by atoms with van der Waals surface area (Å²) >= 11 is 0. The molecule has 2 fully saturated rings. The quantitative estimate of drug-likeness (QED) is 0.927. The third-order valence-corrected chi connectivity index (χ3v) is 5.01.